The van der Waals surface area contributed by atoms with Gasteiger partial charge < -0.3 is 5.32 Å². The van der Waals surface area contributed by atoms with Crippen LogP contribution < -0.4 is 10.6 Å². The molecule has 0 spiro atoms. The van der Waals surface area contributed by atoms with Gasteiger partial charge in [0.15, 0.2) is 0 Å². The fourth-order valence-electron chi connectivity index (χ4n) is 1.67. The van der Waals surface area contributed by atoms with Crippen molar-refractivity contribution < 1.29 is 4.79 Å². The molecule has 2 aromatic rings. The highest BCUT2D eigenvalue weighted by atomic mass is 32.1. The molecule has 2 heterocycles. The van der Waals surface area contributed by atoms with Crippen molar-refractivity contribution in [2.24, 2.45) is 0 Å². The first kappa shape index (κ1) is 15.3. The minimum atomic E-state index is -0.239. The van der Waals surface area contributed by atoms with Crippen LogP contribution in [-0.2, 0) is 0 Å². The van der Waals surface area contributed by atoms with Gasteiger partial charge in [-0.05, 0) is 29.7 Å². The van der Waals surface area contributed by atoms with Crippen LogP contribution in [0.5, 0.6) is 0 Å². The van der Waals surface area contributed by atoms with E-state index in [9.17, 15) is 4.79 Å². The molecule has 0 saturated carbocycles. The summed E-state index contributed by atoms with van der Waals surface area (Å²) in [7, 11) is 0. The number of hydrogen-bond acceptors (Lipinski definition) is 7. The summed E-state index contributed by atoms with van der Waals surface area (Å²) in [5.74, 6) is 0.712. The summed E-state index contributed by atoms with van der Waals surface area (Å²) < 4.78 is 3.61. The number of carbonyl (C=O) groups excluding carboxylic acids is 1. The molecule has 0 bridgehead atoms. The SMILES string of the molecule is CCCNc1cc(C(=O)Nc2nnns2)cc(C(C)C)n1. The molecule has 21 heavy (non-hydrogen) atoms. The van der Waals surface area contributed by atoms with Crippen molar-refractivity contribution in [3.63, 3.8) is 0 Å². The van der Waals surface area contributed by atoms with E-state index in [2.05, 4.69) is 37.3 Å². The minimum absolute atomic E-state index is 0.239. The van der Waals surface area contributed by atoms with Gasteiger partial charge in [0.1, 0.15) is 5.82 Å². The Balaban J connectivity index is 2.23. The van der Waals surface area contributed by atoms with E-state index >= 15 is 0 Å². The molecule has 0 atom stereocenters. The number of anilines is 2. The van der Waals surface area contributed by atoms with Crippen LogP contribution in [0.25, 0.3) is 0 Å². The van der Waals surface area contributed by atoms with Crippen molar-refractivity contribution in [1.82, 2.24) is 19.8 Å². The van der Waals surface area contributed by atoms with Crippen molar-refractivity contribution in [3.05, 3.63) is 23.4 Å². The quantitative estimate of drug-likeness (QED) is 0.852. The fraction of sp³-hybridized carbons (Fsp3) is 0.462. The molecule has 2 N–H and O–H groups in total. The molecule has 2 rings (SSSR count). The van der Waals surface area contributed by atoms with E-state index in [0.717, 1.165) is 30.2 Å². The van der Waals surface area contributed by atoms with Crippen LogP contribution in [0.1, 0.15) is 49.2 Å². The lowest BCUT2D eigenvalue weighted by Gasteiger charge is -2.11. The van der Waals surface area contributed by atoms with Crippen molar-refractivity contribution in [3.8, 4) is 0 Å². The Morgan fingerprint density at radius 1 is 1.38 bits per heavy atom. The van der Waals surface area contributed by atoms with E-state index < -0.39 is 0 Å². The van der Waals surface area contributed by atoms with E-state index in [1.807, 2.05) is 13.8 Å². The van der Waals surface area contributed by atoms with E-state index in [1.165, 1.54) is 0 Å². The number of hydrogen-bond donors (Lipinski definition) is 2. The smallest absolute Gasteiger partial charge is 0.257 e. The summed E-state index contributed by atoms with van der Waals surface area (Å²) in [6.45, 7) is 6.98. The third-order valence-electron chi connectivity index (χ3n) is 2.77. The first-order valence-corrected chi connectivity index (χ1v) is 7.59. The lowest BCUT2D eigenvalue weighted by atomic mass is 10.1. The molecular weight excluding hydrogens is 288 g/mol. The van der Waals surface area contributed by atoms with Crippen LogP contribution in [-0.4, -0.2) is 32.2 Å². The first-order valence-electron chi connectivity index (χ1n) is 6.82. The number of nitrogens with one attached hydrogen (secondary N) is 2. The number of rotatable bonds is 6. The molecule has 0 saturated heterocycles. The average molecular weight is 306 g/mol. The maximum Gasteiger partial charge on any atom is 0.257 e. The highest BCUT2D eigenvalue weighted by Gasteiger charge is 2.13. The van der Waals surface area contributed by atoms with Crippen molar-refractivity contribution in [2.45, 2.75) is 33.1 Å². The van der Waals surface area contributed by atoms with Gasteiger partial charge in [-0.25, -0.2) is 4.98 Å². The van der Waals surface area contributed by atoms with E-state index in [-0.39, 0.29) is 11.8 Å². The molecule has 0 unspecified atom stereocenters. The van der Waals surface area contributed by atoms with Crippen molar-refractivity contribution >= 4 is 28.4 Å². The van der Waals surface area contributed by atoms with Crippen LogP contribution in [0.2, 0.25) is 0 Å². The zero-order valence-corrected chi connectivity index (χ0v) is 13.1. The molecule has 2 aromatic heterocycles. The second-order valence-electron chi connectivity index (χ2n) is 4.87. The highest BCUT2D eigenvalue weighted by Crippen LogP contribution is 2.19. The predicted molar refractivity (Wildman–Crippen MR) is 82.8 cm³/mol. The van der Waals surface area contributed by atoms with Crippen molar-refractivity contribution in [2.75, 3.05) is 17.2 Å². The summed E-state index contributed by atoms with van der Waals surface area (Å²) in [4.78, 5) is 16.8. The summed E-state index contributed by atoms with van der Waals surface area (Å²) in [6, 6.07) is 3.54. The Kier molecular flexibility index (Phi) is 5.15. The first-order chi connectivity index (χ1) is 10.1. The molecule has 1 amide bonds. The number of amides is 1. The minimum Gasteiger partial charge on any atom is -0.370 e. The van der Waals surface area contributed by atoms with Gasteiger partial charge in [0.25, 0.3) is 5.91 Å². The zero-order valence-electron chi connectivity index (χ0n) is 12.3. The van der Waals surface area contributed by atoms with E-state index in [4.69, 9.17) is 0 Å². The van der Waals surface area contributed by atoms with Gasteiger partial charge in [-0.15, -0.1) is 0 Å². The fourth-order valence-corrected chi connectivity index (χ4v) is 2.04. The second kappa shape index (κ2) is 7.07. The molecule has 8 heteroatoms. The van der Waals surface area contributed by atoms with Gasteiger partial charge in [-0.1, -0.05) is 30.4 Å². The third-order valence-corrected chi connectivity index (χ3v) is 3.29. The van der Waals surface area contributed by atoms with Crippen LogP contribution in [0.15, 0.2) is 12.1 Å². The standard InChI is InChI=1S/C13H18N6OS/c1-4-5-14-11-7-9(6-10(15-11)8(2)3)12(20)16-13-17-18-19-21-13/h6-8H,4-5H2,1-3H3,(H,14,15)(H,16,17,19,20). The Hall–Kier alpha value is -2.09. The second-order valence-corrected chi connectivity index (χ2v) is 5.60. The monoisotopic (exact) mass is 306 g/mol. The maximum absolute atomic E-state index is 12.3. The lowest BCUT2D eigenvalue weighted by molar-refractivity contribution is 0.102. The highest BCUT2D eigenvalue weighted by molar-refractivity contribution is 7.09. The Bertz CT molecular complexity index is 599. The van der Waals surface area contributed by atoms with Crippen molar-refractivity contribution in [1.29, 1.82) is 0 Å². The third kappa shape index (κ3) is 4.19. The Morgan fingerprint density at radius 2 is 2.19 bits per heavy atom. The van der Waals surface area contributed by atoms with Crippen LogP contribution in [0.4, 0.5) is 10.9 Å². The van der Waals surface area contributed by atoms with Gasteiger partial charge in [0.05, 0.1) is 0 Å². The van der Waals surface area contributed by atoms with Gasteiger partial charge in [0, 0.05) is 29.3 Å². The molecule has 0 aliphatic rings. The lowest BCUT2D eigenvalue weighted by Crippen LogP contribution is -2.14. The summed E-state index contributed by atoms with van der Waals surface area (Å²) >= 11 is 1.04. The molecular formula is C13H18N6OS. The van der Waals surface area contributed by atoms with Crippen LogP contribution in [0, 0.1) is 0 Å². The Labute approximate surface area is 127 Å². The van der Waals surface area contributed by atoms with Gasteiger partial charge >= 0.3 is 0 Å². The molecule has 0 radical (unpaired) electrons. The summed E-state index contributed by atoms with van der Waals surface area (Å²) in [5.41, 5.74) is 1.42. The topological polar surface area (TPSA) is 92.7 Å². The molecule has 7 nitrogen and oxygen atoms in total. The summed E-state index contributed by atoms with van der Waals surface area (Å²) in [6.07, 6.45) is 0.992. The normalized spacial score (nSPS) is 10.7. The number of nitrogens with zero attached hydrogens (tertiary/aromatic N) is 4. The maximum atomic E-state index is 12.3. The Morgan fingerprint density at radius 3 is 2.81 bits per heavy atom. The van der Waals surface area contributed by atoms with Crippen LogP contribution in [0.3, 0.4) is 0 Å². The average Bonchev–Trinajstić information content (AvgIpc) is 2.97. The van der Waals surface area contributed by atoms with E-state index in [0.29, 0.717) is 16.5 Å². The number of aromatic nitrogens is 4. The van der Waals surface area contributed by atoms with E-state index in [1.54, 1.807) is 12.1 Å². The molecule has 0 aliphatic carbocycles. The molecule has 112 valence electrons. The predicted octanol–water partition coefficient (Wildman–Crippen LogP) is 2.53. The summed E-state index contributed by atoms with van der Waals surface area (Å²) in [5, 5.41) is 13.4. The van der Waals surface area contributed by atoms with Gasteiger partial charge in [-0.3, -0.25) is 10.1 Å². The number of pyridine rings is 1. The molecule has 0 aliphatic heterocycles. The zero-order chi connectivity index (χ0) is 15.2. The van der Waals surface area contributed by atoms with Gasteiger partial charge in [-0.2, -0.15) is 0 Å². The largest absolute Gasteiger partial charge is 0.370 e. The molecule has 0 fully saturated rings. The number of carbonyl (C=O) groups is 1. The molecule has 0 aromatic carbocycles. The van der Waals surface area contributed by atoms with Gasteiger partial charge in [0.2, 0.25) is 5.13 Å². The van der Waals surface area contributed by atoms with Crippen LogP contribution >= 0.6 is 11.5 Å².